The van der Waals surface area contributed by atoms with Crippen molar-refractivity contribution >= 4 is 11.6 Å². The highest BCUT2D eigenvalue weighted by atomic mass is 16.5. The zero-order chi connectivity index (χ0) is 13.4. The number of rotatable bonds is 2. The number of fused-ring (bicyclic) bond motifs is 1. The summed E-state index contributed by atoms with van der Waals surface area (Å²) in [6.07, 6.45) is 1.23. The Hall–Kier alpha value is -2.34. The molecule has 0 spiro atoms. The Bertz CT molecular complexity index is 635. The zero-order valence-corrected chi connectivity index (χ0v) is 10.4. The monoisotopic (exact) mass is 258 g/mol. The van der Waals surface area contributed by atoms with Crippen molar-refractivity contribution in [2.45, 2.75) is 19.6 Å². The maximum atomic E-state index is 11.6. The van der Waals surface area contributed by atoms with Gasteiger partial charge in [0.15, 0.2) is 6.10 Å². The molecule has 0 radical (unpaired) electrons. The lowest BCUT2D eigenvalue weighted by Gasteiger charge is -2.23. The van der Waals surface area contributed by atoms with E-state index in [0.717, 1.165) is 16.8 Å². The van der Waals surface area contributed by atoms with E-state index < -0.39 is 6.10 Å². The van der Waals surface area contributed by atoms with Crippen molar-refractivity contribution in [1.29, 1.82) is 0 Å². The molecule has 1 aromatic heterocycles. The molecule has 0 saturated carbocycles. The molecular weight excluding hydrogens is 244 g/mol. The number of aromatic nitrogens is 2. The van der Waals surface area contributed by atoms with Crippen LogP contribution in [-0.2, 0) is 11.3 Å². The Morgan fingerprint density at radius 2 is 2.32 bits per heavy atom. The lowest BCUT2D eigenvalue weighted by Crippen LogP contribution is -2.34. The molecular formula is C13H14N4O2. The van der Waals surface area contributed by atoms with Crippen LogP contribution in [0.4, 0.5) is 5.69 Å². The second kappa shape index (κ2) is 4.40. The normalized spacial score (nSPS) is 17.6. The van der Waals surface area contributed by atoms with Crippen LogP contribution in [-0.4, -0.2) is 22.2 Å². The van der Waals surface area contributed by atoms with Gasteiger partial charge in [0.1, 0.15) is 5.75 Å². The molecule has 0 bridgehead atoms. The van der Waals surface area contributed by atoms with E-state index in [1.807, 2.05) is 18.2 Å². The number of anilines is 1. The van der Waals surface area contributed by atoms with Gasteiger partial charge in [-0.15, -0.1) is 0 Å². The number of carbonyl (C=O) groups is 1. The highest BCUT2D eigenvalue weighted by molar-refractivity contribution is 5.98. The minimum atomic E-state index is -0.467. The second-order valence-electron chi connectivity index (χ2n) is 4.43. The van der Waals surface area contributed by atoms with Gasteiger partial charge in [0.05, 0.1) is 17.6 Å². The Morgan fingerprint density at radius 1 is 1.47 bits per heavy atom. The minimum absolute atomic E-state index is 0.145. The third-order valence-electron chi connectivity index (χ3n) is 3.14. The highest BCUT2D eigenvalue weighted by Gasteiger charge is 2.23. The fourth-order valence-corrected chi connectivity index (χ4v) is 2.08. The van der Waals surface area contributed by atoms with Crippen molar-refractivity contribution < 1.29 is 9.53 Å². The fourth-order valence-electron chi connectivity index (χ4n) is 2.08. The van der Waals surface area contributed by atoms with E-state index in [0.29, 0.717) is 18.0 Å². The van der Waals surface area contributed by atoms with Gasteiger partial charge in [-0.25, -0.2) is 0 Å². The molecule has 0 aliphatic carbocycles. The average molecular weight is 258 g/mol. The first-order valence-electron chi connectivity index (χ1n) is 6.03. The number of hydrogen-bond donors (Lipinski definition) is 3. The van der Waals surface area contributed by atoms with Gasteiger partial charge in [-0.1, -0.05) is 0 Å². The molecule has 1 atom stereocenters. The van der Waals surface area contributed by atoms with E-state index in [2.05, 4.69) is 15.5 Å². The fraction of sp³-hybridized carbons (Fsp3) is 0.231. The molecule has 0 saturated heterocycles. The molecule has 6 nitrogen and oxygen atoms in total. The summed E-state index contributed by atoms with van der Waals surface area (Å²) in [4.78, 5) is 11.6. The van der Waals surface area contributed by atoms with Gasteiger partial charge in [0, 0.05) is 17.7 Å². The number of amides is 1. The van der Waals surface area contributed by atoms with Gasteiger partial charge < -0.3 is 15.8 Å². The van der Waals surface area contributed by atoms with Crippen molar-refractivity contribution in [2.24, 2.45) is 5.73 Å². The van der Waals surface area contributed by atoms with Crippen molar-refractivity contribution in [1.82, 2.24) is 10.2 Å². The maximum absolute atomic E-state index is 11.6. The third kappa shape index (κ3) is 1.96. The van der Waals surface area contributed by atoms with Crippen molar-refractivity contribution in [3.05, 3.63) is 30.0 Å². The van der Waals surface area contributed by atoms with Crippen LogP contribution in [0.5, 0.6) is 5.75 Å². The lowest BCUT2D eigenvalue weighted by atomic mass is 10.1. The molecule has 1 unspecified atom stereocenters. The van der Waals surface area contributed by atoms with E-state index in [1.54, 1.807) is 13.1 Å². The SMILES string of the molecule is CC1Oc2ccc(-c3[nH]ncc3CN)cc2NC1=O. The summed E-state index contributed by atoms with van der Waals surface area (Å²) in [5.41, 5.74) is 9.02. The van der Waals surface area contributed by atoms with Gasteiger partial charge in [-0.3, -0.25) is 9.89 Å². The predicted octanol–water partition coefficient (Wildman–Crippen LogP) is 1.25. The number of benzene rings is 1. The van der Waals surface area contributed by atoms with Crippen molar-refractivity contribution in [3.8, 4) is 17.0 Å². The molecule has 1 aromatic carbocycles. The zero-order valence-electron chi connectivity index (χ0n) is 10.4. The topological polar surface area (TPSA) is 93.0 Å². The highest BCUT2D eigenvalue weighted by Crippen LogP contribution is 2.34. The van der Waals surface area contributed by atoms with E-state index in [1.165, 1.54) is 0 Å². The van der Waals surface area contributed by atoms with E-state index >= 15 is 0 Å². The number of H-pyrrole nitrogens is 1. The molecule has 2 aromatic rings. The largest absolute Gasteiger partial charge is 0.479 e. The number of ether oxygens (including phenoxy) is 1. The molecule has 3 rings (SSSR count). The number of hydrogen-bond acceptors (Lipinski definition) is 4. The van der Waals surface area contributed by atoms with Crippen LogP contribution in [0.3, 0.4) is 0 Å². The quantitative estimate of drug-likeness (QED) is 0.755. The molecule has 1 amide bonds. The van der Waals surface area contributed by atoms with Crippen LogP contribution < -0.4 is 15.8 Å². The summed E-state index contributed by atoms with van der Waals surface area (Å²) in [5.74, 6) is 0.526. The molecule has 19 heavy (non-hydrogen) atoms. The number of carbonyl (C=O) groups excluding carboxylic acids is 1. The van der Waals surface area contributed by atoms with Crippen LogP contribution in [0.2, 0.25) is 0 Å². The smallest absolute Gasteiger partial charge is 0.265 e. The van der Waals surface area contributed by atoms with E-state index in [4.69, 9.17) is 10.5 Å². The van der Waals surface area contributed by atoms with E-state index in [-0.39, 0.29) is 5.91 Å². The lowest BCUT2D eigenvalue weighted by molar-refractivity contribution is -0.122. The Kier molecular flexibility index (Phi) is 2.72. The van der Waals surface area contributed by atoms with E-state index in [9.17, 15) is 4.79 Å². The number of aromatic amines is 1. The number of nitrogens with two attached hydrogens (primary N) is 1. The Balaban J connectivity index is 2.02. The standard InChI is InChI=1S/C13H14N4O2/c1-7-13(18)16-10-4-8(2-3-11(10)19-7)12-9(5-14)6-15-17-12/h2-4,6-7H,5,14H2,1H3,(H,15,17)(H,16,18). The Morgan fingerprint density at radius 3 is 3.11 bits per heavy atom. The predicted molar refractivity (Wildman–Crippen MR) is 70.6 cm³/mol. The summed E-state index contributed by atoms with van der Waals surface area (Å²) in [5, 5.41) is 9.72. The summed E-state index contributed by atoms with van der Waals surface area (Å²) in [7, 11) is 0. The molecule has 0 fully saturated rings. The molecule has 2 heterocycles. The summed E-state index contributed by atoms with van der Waals surface area (Å²) < 4.78 is 5.51. The number of nitrogens with zero attached hydrogens (tertiary/aromatic N) is 1. The van der Waals surface area contributed by atoms with Gasteiger partial charge in [-0.2, -0.15) is 5.10 Å². The maximum Gasteiger partial charge on any atom is 0.265 e. The second-order valence-corrected chi connectivity index (χ2v) is 4.43. The first-order chi connectivity index (χ1) is 9.19. The molecule has 4 N–H and O–H groups in total. The first kappa shape index (κ1) is 11.7. The van der Waals surface area contributed by atoms with Gasteiger partial charge in [-0.05, 0) is 25.1 Å². The summed E-state index contributed by atoms with van der Waals surface area (Å²) in [6, 6.07) is 5.60. The van der Waals surface area contributed by atoms with Crippen LogP contribution >= 0.6 is 0 Å². The minimum Gasteiger partial charge on any atom is -0.479 e. The van der Waals surface area contributed by atoms with Gasteiger partial charge in [0.25, 0.3) is 5.91 Å². The number of nitrogens with one attached hydrogen (secondary N) is 2. The van der Waals surface area contributed by atoms with Crippen LogP contribution in [0.25, 0.3) is 11.3 Å². The molecule has 1 aliphatic rings. The molecule has 98 valence electrons. The van der Waals surface area contributed by atoms with Crippen LogP contribution in [0.1, 0.15) is 12.5 Å². The molecule has 6 heteroatoms. The first-order valence-corrected chi connectivity index (χ1v) is 6.03. The average Bonchev–Trinajstić information content (AvgIpc) is 2.88. The third-order valence-corrected chi connectivity index (χ3v) is 3.14. The van der Waals surface area contributed by atoms with Gasteiger partial charge >= 0.3 is 0 Å². The summed E-state index contributed by atoms with van der Waals surface area (Å²) in [6.45, 7) is 2.12. The summed E-state index contributed by atoms with van der Waals surface area (Å²) >= 11 is 0. The van der Waals surface area contributed by atoms with Crippen molar-refractivity contribution in [3.63, 3.8) is 0 Å². The van der Waals surface area contributed by atoms with Gasteiger partial charge in [0.2, 0.25) is 0 Å². The van der Waals surface area contributed by atoms with Crippen LogP contribution in [0, 0.1) is 0 Å². The van der Waals surface area contributed by atoms with Crippen molar-refractivity contribution in [2.75, 3.05) is 5.32 Å². The molecule has 1 aliphatic heterocycles. The Labute approximate surface area is 110 Å². The van der Waals surface area contributed by atoms with Crippen LogP contribution in [0.15, 0.2) is 24.4 Å².